The van der Waals surface area contributed by atoms with Crippen molar-refractivity contribution in [2.24, 2.45) is 0 Å². The summed E-state index contributed by atoms with van der Waals surface area (Å²) in [4.78, 5) is 2.00. The van der Waals surface area contributed by atoms with Crippen LogP contribution < -0.4 is 0 Å². The van der Waals surface area contributed by atoms with Gasteiger partial charge in [-0.1, -0.05) is 5.92 Å². The highest BCUT2D eigenvalue weighted by atomic mass is 16.3. The van der Waals surface area contributed by atoms with E-state index in [1.807, 2.05) is 18.9 Å². The Morgan fingerprint density at radius 1 is 1.33 bits per heavy atom. The third kappa shape index (κ3) is 2.23. The summed E-state index contributed by atoms with van der Waals surface area (Å²) in [5.41, 5.74) is -0.581. The fourth-order valence-corrected chi connectivity index (χ4v) is 0.989. The van der Waals surface area contributed by atoms with Gasteiger partial charge in [-0.25, -0.2) is 0 Å². The van der Waals surface area contributed by atoms with Gasteiger partial charge in [0.25, 0.3) is 0 Å². The molecule has 12 heavy (non-hydrogen) atoms. The second-order valence-electron chi connectivity index (χ2n) is 4.31. The normalized spacial score (nSPS) is 17.2. The van der Waals surface area contributed by atoms with Crippen LogP contribution >= 0.6 is 0 Å². The van der Waals surface area contributed by atoms with Crippen LogP contribution in [0.1, 0.15) is 27.7 Å². The maximum absolute atomic E-state index is 9.13. The first-order valence-electron chi connectivity index (χ1n) is 4.10. The zero-order chi connectivity index (χ0) is 9.99. The molecule has 0 aromatic rings. The van der Waals surface area contributed by atoms with Crippen LogP contribution in [0.5, 0.6) is 0 Å². The zero-order valence-electron chi connectivity index (χ0n) is 8.68. The topological polar surface area (TPSA) is 23.5 Å². The number of rotatable bonds is 2. The van der Waals surface area contributed by atoms with Gasteiger partial charge in [-0.05, 0) is 34.7 Å². The minimum atomic E-state index is -0.557. The number of terminal acetylenes is 1. The molecule has 0 amide bonds. The summed E-state index contributed by atoms with van der Waals surface area (Å²) in [6, 6.07) is 0. The fourth-order valence-electron chi connectivity index (χ4n) is 0.989. The fraction of sp³-hybridized carbons (Fsp3) is 0.800. The number of aliphatic hydroxyl groups is 1. The summed E-state index contributed by atoms with van der Waals surface area (Å²) in [6.45, 7) is 8.05. The van der Waals surface area contributed by atoms with Gasteiger partial charge < -0.3 is 5.11 Å². The van der Waals surface area contributed by atoms with E-state index in [1.165, 1.54) is 0 Å². The van der Waals surface area contributed by atoms with Crippen molar-refractivity contribution in [3.8, 4) is 12.3 Å². The van der Waals surface area contributed by atoms with E-state index < -0.39 is 5.54 Å². The van der Waals surface area contributed by atoms with E-state index in [2.05, 4.69) is 26.7 Å². The molecular formula is C10H19NO. The summed E-state index contributed by atoms with van der Waals surface area (Å²) < 4.78 is 0. The van der Waals surface area contributed by atoms with E-state index in [9.17, 15) is 0 Å². The van der Waals surface area contributed by atoms with E-state index in [1.54, 1.807) is 0 Å². The van der Waals surface area contributed by atoms with E-state index in [-0.39, 0.29) is 12.1 Å². The highest BCUT2D eigenvalue weighted by Gasteiger charge is 2.33. The number of aliphatic hydroxyl groups excluding tert-OH is 1. The lowest BCUT2D eigenvalue weighted by atomic mass is 9.95. The van der Waals surface area contributed by atoms with E-state index in [0.717, 1.165) is 0 Å². The minimum Gasteiger partial charge on any atom is -0.393 e. The Morgan fingerprint density at radius 2 is 1.75 bits per heavy atom. The van der Waals surface area contributed by atoms with Crippen LogP contribution in [0, 0.1) is 12.3 Å². The van der Waals surface area contributed by atoms with Crippen molar-refractivity contribution < 1.29 is 5.11 Å². The molecule has 70 valence electrons. The summed E-state index contributed by atoms with van der Waals surface area (Å²) in [6.07, 6.45) is 5.36. The largest absolute Gasteiger partial charge is 0.393 e. The first kappa shape index (κ1) is 11.5. The SMILES string of the molecule is C#CC(C)(CO)N(C)C(C)(C)C. The maximum atomic E-state index is 9.13. The van der Waals surface area contributed by atoms with Gasteiger partial charge in [-0.2, -0.15) is 0 Å². The molecule has 0 radical (unpaired) electrons. The molecule has 0 rings (SSSR count). The molecular weight excluding hydrogens is 150 g/mol. The molecule has 0 aliphatic rings. The molecule has 0 aromatic carbocycles. The molecule has 2 heteroatoms. The van der Waals surface area contributed by atoms with Crippen LogP contribution in [0.15, 0.2) is 0 Å². The van der Waals surface area contributed by atoms with Crippen LogP contribution in [-0.2, 0) is 0 Å². The van der Waals surface area contributed by atoms with Gasteiger partial charge >= 0.3 is 0 Å². The van der Waals surface area contributed by atoms with Crippen molar-refractivity contribution in [2.75, 3.05) is 13.7 Å². The van der Waals surface area contributed by atoms with Gasteiger partial charge in [-0.3, -0.25) is 4.90 Å². The lowest BCUT2D eigenvalue weighted by Gasteiger charge is -2.42. The van der Waals surface area contributed by atoms with Crippen molar-refractivity contribution in [1.82, 2.24) is 4.90 Å². The molecule has 0 heterocycles. The monoisotopic (exact) mass is 169 g/mol. The highest BCUT2D eigenvalue weighted by molar-refractivity contribution is 5.12. The second-order valence-corrected chi connectivity index (χ2v) is 4.31. The van der Waals surface area contributed by atoms with Crippen LogP contribution in [0.25, 0.3) is 0 Å². The van der Waals surface area contributed by atoms with Crippen molar-refractivity contribution >= 4 is 0 Å². The van der Waals surface area contributed by atoms with E-state index in [0.29, 0.717) is 0 Å². The summed E-state index contributed by atoms with van der Waals surface area (Å²) in [5.74, 6) is 2.61. The van der Waals surface area contributed by atoms with Gasteiger partial charge in [0.15, 0.2) is 0 Å². The molecule has 2 nitrogen and oxygen atoms in total. The predicted molar refractivity (Wildman–Crippen MR) is 51.8 cm³/mol. The Labute approximate surface area is 75.6 Å². The average Bonchev–Trinajstić information content (AvgIpc) is 2.00. The molecule has 0 spiro atoms. The number of likely N-dealkylation sites (N-methyl/N-ethyl adjacent to an activating group) is 1. The van der Waals surface area contributed by atoms with Gasteiger partial charge in [0.1, 0.15) is 5.54 Å². The molecule has 1 unspecified atom stereocenters. The molecule has 0 saturated carbocycles. The average molecular weight is 169 g/mol. The number of hydrogen-bond acceptors (Lipinski definition) is 2. The smallest absolute Gasteiger partial charge is 0.103 e. The Morgan fingerprint density at radius 3 is 1.83 bits per heavy atom. The van der Waals surface area contributed by atoms with Crippen molar-refractivity contribution in [2.45, 2.75) is 38.8 Å². The van der Waals surface area contributed by atoms with Crippen molar-refractivity contribution in [3.63, 3.8) is 0 Å². The van der Waals surface area contributed by atoms with E-state index in [4.69, 9.17) is 11.5 Å². The third-order valence-corrected chi connectivity index (χ3v) is 2.37. The highest BCUT2D eigenvalue weighted by Crippen LogP contribution is 2.21. The van der Waals surface area contributed by atoms with Crippen molar-refractivity contribution in [1.29, 1.82) is 0 Å². The van der Waals surface area contributed by atoms with Gasteiger partial charge in [0.05, 0.1) is 6.61 Å². The minimum absolute atomic E-state index is 0.0166. The molecule has 1 atom stereocenters. The van der Waals surface area contributed by atoms with E-state index >= 15 is 0 Å². The Balaban J connectivity index is 4.68. The van der Waals surface area contributed by atoms with Crippen LogP contribution in [-0.4, -0.2) is 34.7 Å². The summed E-state index contributed by atoms with van der Waals surface area (Å²) in [7, 11) is 1.93. The standard InChI is InChI=1S/C10H19NO/c1-7-10(5,8-12)11(6)9(2,3)4/h1,12H,8H2,2-6H3. The molecule has 0 saturated heterocycles. The van der Waals surface area contributed by atoms with Crippen LogP contribution in [0.3, 0.4) is 0 Å². The lowest BCUT2D eigenvalue weighted by Crippen LogP contribution is -2.54. The lowest BCUT2D eigenvalue weighted by molar-refractivity contribution is 0.0399. The molecule has 0 aliphatic heterocycles. The second kappa shape index (κ2) is 3.47. The molecule has 1 N–H and O–H groups in total. The van der Waals surface area contributed by atoms with Gasteiger partial charge in [-0.15, -0.1) is 6.42 Å². The number of nitrogens with zero attached hydrogens (tertiary/aromatic N) is 1. The molecule has 0 bridgehead atoms. The van der Waals surface area contributed by atoms with Crippen molar-refractivity contribution in [3.05, 3.63) is 0 Å². The first-order chi connectivity index (χ1) is 5.28. The molecule has 0 aromatic heterocycles. The van der Waals surface area contributed by atoms with Gasteiger partial charge in [0, 0.05) is 5.54 Å². The molecule has 0 fully saturated rings. The Bertz CT molecular complexity index is 187. The number of hydrogen-bond donors (Lipinski definition) is 1. The Kier molecular flexibility index (Phi) is 3.32. The van der Waals surface area contributed by atoms with Crippen LogP contribution in [0.4, 0.5) is 0 Å². The Hall–Kier alpha value is -0.520. The maximum Gasteiger partial charge on any atom is 0.103 e. The predicted octanol–water partition coefficient (Wildman–Crippen LogP) is 1.10. The zero-order valence-corrected chi connectivity index (χ0v) is 8.68. The van der Waals surface area contributed by atoms with Crippen LogP contribution in [0.2, 0.25) is 0 Å². The first-order valence-corrected chi connectivity index (χ1v) is 4.10. The summed E-state index contributed by atoms with van der Waals surface area (Å²) in [5, 5.41) is 9.13. The molecule has 0 aliphatic carbocycles. The quantitative estimate of drug-likeness (QED) is 0.626. The van der Waals surface area contributed by atoms with Gasteiger partial charge in [0.2, 0.25) is 0 Å². The summed E-state index contributed by atoms with van der Waals surface area (Å²) >= 11 is 0. The third-order valence-electron chi connectivity index (χ3n) is 2.37.